The van der Waals surface area contributed by atoms with Crippen LogP contribution in [-0.2, 0) is 13.2 Å². The van der Waals surface area contributed by atoms with Crippen LogP contribution in [0.5, 0.6) is 5.75 Å². The smallest absolute Gasteiger partial charge is 0.119 e. The van der Waals surface area contributed by atoms with E-state index >= 15 is 0 Å². The number of hydrogen-bond acceptors (Lipinski definition) is 2. The third-order valence-corrected chi connectivity index (χ3v) is 5.40. The van der Waals surface area contributed by atoms with E-state index in [-0.39, 0.29) is 0 Å². The predicted octanol–water partition coefficient (Wildman–Crippen LogP) is 6.41. The predicted molar refractivity (Wildman–Crippen MR) is 121 cm³/mol. The Morgan fingerprint density at radius 2 is 1.79 bits per heavy atom. The SMILES string of the molecule is CC#C[C@@H](CC)c1ccc(OCc2ccc3c(C)nn(CC(C)C)c3c2C)cc1. The number of aromatic nitrogens is 2. The third kappa shape index (κ3) is 4.65. The van der Waals surface area contributed by atoms with Crippen LogP contribution in [0.4, 0.5) is 0 Å². The van der Waals surface area contributed by atoms with Gasteiger partial charge in [0.05, 0.1) is 11.2 Å². The van der Waals surface area contributed by atoms with Crippen LogP contribution >= 0.6 is 0 Å². The largest absolute Gasteiger partial charge is 0.489 e. The average molecular weight is 389 g/mol. The first-order valence-corrected chi connectivity index (χ1v) is 10.5. The Hall–Kier alpha value is -2.73. The van der Waals surface area contributed by atoms with Crippen molar-refractivity contribution in [3.8, 4) is 17.6 Å². The van der Waals surface area contributed by atoms with Crippen molar-refractivity contribution in [3.05, 3.63) is 58.8 Å². The minimum absolute atomic E-state index is 0.295. The topological polar surface area (TPSA) is 27.1 Å². The van der Waals surface area contributed by atoms with Crippen LogP contribution in [0.2, 0.25) is 0 Å². The fraction of sp³-hybridized carbons (Fsp3) is 0.423. The van der Waals surface area contributed by atoms with Crippen molar-refractivity contribution in [1.29, 1.82) is 0 Å². The van der Waals surface area contributed by atoms with Crippen molar-refractivity contribution in [2.24, 2.45) is 5.92 Å². The molecule has 0 fully saturated rings. The summed E-state index contributed by atoms with van der Waals surface area (Å²) in [7, 11) is 0. The van der Waals surface area contributed by atoms with Gasteiger partial charge < -0.3 is 4.74 Å². The Morgan fingerprint density at radius 3 is 2.41 bits per heavy atom. The lowest BCUT2D eigenvalue weighted by Crippen LogP contribution is -2.08. The number of benzene rings is 2. The lowest BCUT2D eigenvalue weighted by atomic mass is 9.97. The van der Waals surface area contributed by atoms with E-state index in [2.05, 4.69) is 87.5 Å². The van der Waals surface area contributed by atoms with Crippen LogP contribution in [0.1, 0.15) is 62.4 Å². The first kappa shape index (κ1) is 21.0. The summed E-state index contributed by atoms with van der Waals surface area (Å²) < 4.78 is 8.27. The van der Waals surface area contributed by atoms with E-state index < -0.39 is 0 Å². The van der Waals surface area contributed by atoms with Crippen LogP contribution < -0.4 is 4.74 Å². The maximum Gasteiger partial charge on any atom is 0.119 e. The third-order valence-electron chi connectivity index (χ3n) is 5.40. The molecule has 0 aliphatic carbocycles. The van der Waals surface area contributed by atoms with Crippen LogP contribution in [0.25, 0.3) is 10.9 Å². The van der Waals surface area contributed by atoms with Crippen molar-refractivity contribution >= 4 is 10.9 Å². The molecule has 0 saturated heterocycles. The standard InChI is InChI=1S/C26H32N2O/c1-7-9-21(8-2)22-10-13-24(14-11-22)29-17-23-12-15-25-20(6)27-28(16-18(3)4)26(25)19(23)5/h10-15,18,21H,8,16-17H2,1-6H3/t21-/m1/s1. The number of fused-ring (bicyclic) bond motifs is 1. The molecule has 0 saturated carbocycles. The maximum atomic E-state index is 6.11. The highest BCUT2D eigenvalue weighted by Crippen LogP contribution is 2.27. The van der Waals surface area contributed by atoms with Gasteiger partial charge in [-0.25, -0.2) is 0 Å². The lowest BCUT2D eigenvalue weighted by molar-refractivity contribution is 0.305. The highest BCUT2D eigenvalue weighted by atomic mass is 16.5. The molecule has 0 radical (unpaired) electrons. The van der Waals surface area contributed by atoms with Crippen molar-refractivity contribution in [2.75, 3.05) is 0 Å². The maximum absolute atomic E-state index is 6.11. The first-order chi connectivity index (χ1) is 13.9. The van der Waals surface area contributed by atoms with E-state index in [1.165, 1.54) is 27.6 Å². The van der Waals surface area contributed by atoms with Gasteiger partial charge in [0.1, 0.15) is 12.4 Å². The van der Waals surface area contributed by atoms with Crippen molar-refractivity contribution in [2.45, 2.75) is 67.0 Å². The molecule has 3 heteroatoms. The number of ether oxygens (including phenoxy) is 1. The summed E-state index contributed by atoms with van der Waals surface area (Å²) >= 11 is 0. The molecule has 1 aromatic heterocycles. The molecule has 3 aromatic rings. The Balaban J connectivity index is 1.80. The van der Waals surface area contributed by atoms with Crippen molar-refractivity contribution in [1.82, 2.24) is 9.78 Å². The summed E-state index contributed by atoms with van der Waals surface area (Å²) in [5.41, 5.74) is 6.03. The normalized spacial score (nSPS) is 12.1. The highest BCUT2D eigenvalue weighted by Gasteiger charge is 2.14. The Kier molecular flexibility index (Phi) is 6.64. The Morgan fingerprint density at radius 1 is 1.07 bits per heavy atom. The van der Waals surface area contributed by atoms with E-state index in [4.69, 9.17) is 9.84 Å². The second-order valence-corrected chi connectivity index (χ2v) is 8.12. The fourth-order valence-electron chi connectivity index (χ4n) is 3.84. The van der Waals surface area contributed by atoms with Gasteiger partial charge in [0.2, 0.25) is 0 Å². The molecule has 0 amide bonds. The Labute approximate surface area is 175 Å². The molecule has 0 N–H and O–H groups in total. The van der Waals surface area contributed by atoms with Crippen molar-refractivity contribution in [3.63, 3.8) is 0 Å². The quantitative estimate of drug-likeness (QED) is 0.438. The van der Waals surface area contributed by atoms with Crippen LogP contribution in [0.15, 0.2) is 36.4 Å². The molecule has 0 aliphatic heterocycles. The molecule has 0 aliphatic rings. The minimum Gasteiger partial charge on any atom is -0.489 e. The summed E-state index contributed by atoms with van der Waals surface area (Å²) in [5, 5.41) is 6.00. The highest BCUT2D eigenvalue weighted by molar-refractivity contribution is 5.85. The number of hydrogen-bond donors (Lipinski definition) is 0. The van der Waals surface area contributed by atoms with Crippen molar-refractivity contribution < 1.29 is 4.74 Å². The molecular formula is C26H32N2O. The molecule has 0 spiro atoms. The fourth-order valence-corrected chi connectivity index (χ4v) is 3.84. The molecular weight excluding hydrogens is 356 g/mol. The summed E-state index contributed by atoms with van der Waals surface area (Å²) in [4.78, 5) is 0. The molecule has 1 atom stereocenters. The van der Waals surface area contributed by atoms with Crippen LogP contribution in [0.3, 0.4) is 0 Å². The number of nitrogens with zero attached hydrogens (tertiary/aromatic N) is 2. The molecule has 0 unspecified atom stereocenters. The van der Waals surface area contributed by atoms with Crippen LogP contribution in [0, 0.1) is 31.6 Å². The molecule has 1 heterocycles. The van der Waals surface area contributed by atoms with E-state index in [9.17, 15) is 0 Å². The molecule has 3 rings (SSSR count). The van der Waals surface area contributed by atoms with Gasteiger partial charge in [-0.2, -0.15) is 5.10 Å². The number of aryl methyl sites for hydroxylation is 2. The van der Waals surface area contributed by atoms with Gasteiger partial charge in [0.25, 0.3) is 0 Å². The van der Waals surface area contributed by atoms with Gasteiger partial charge in [-0.1, -0.05) is 51.0 Å². The van der Waals surface area contributed by atoms with Gasteiger partial charge in [0, 0.05) is 17.8 Å². The summed E-state index contributed by atoms with van der Waals surface area (Å²) in [5.74, 6) is 8.04. The van der Waals surface area contributed by atoms with Crippen LogP contribution in [-0.4, -0.2) is 9.78 Å². The molecule has 29 heavy (non-hydrogen) atoms. The van der Waals surface area contributed by atoms with E-state index in [1.807, 2.05) is 6.92 Å². The zero-order valence-corrected chi connectivity index (χ0v) is 18.5. The van der Waals surface area contributed by atoms with Gasteiger partial charge >= 0.3 is 0 Å². The van der Waals surface area contributed by atoms with Gasteiger partial charge in [-0.05, 0) is 61.9 Å². The average Bonchev–Trinajstić information content (AvgIpc) is 3.01. The Bertz CT molecular complexity index is 1030. The second kappa shape index (κ2) is 9.18. The zero-order chi connectivity index (χ0) is 21.0. The second-order valence-electron chi connectivity index (χ2n) is 8.12. The molecule has 3 nitrogen and oxygen atoms in total. The van der Waals surface area contributed by atoms with E-state index in [1.54, 1.807) is 0 Å². The molecule has 0 bridgehead atoms. The monoisotopic (exact) mass is 388 g/mol. The van der Waals surface area contributed by atoms with Gasteiger partial charge in [0.15, 0.2) is 0 Å². The van der Waals surface area contributed by atoms with E-state index in [0.717, 1.165) is 24.4 Å². The summed E-state index contributed by atoms with van der Waals surface area (Å²) in [6.07, 6.45) is 1.02. The summed E-state index contributed by atoms with van der Waals surface area (Å²) in [6, 6.07) is 12.7. The molecule has 152 valence electrons. The first-order valence-electron chi connectivity index (χ1n) is 10.5. The number of rotatable bonds is 7. The summed E-state index contributed by atoms with van der Waals surface area (Å²) in [6.45, 7) is 14.3. The zero-order valence-electron chi connectivity index (χ0n) is 18.5. The van der Waals surface area contributed by atoms with Gasteiger partial charge in [-0.3, -0.25) is 4.68 Å². The molecule has 2 aromatic carbocycles. The lowest BCUT2D eigenvalue weighted by Gasteiger charge is -2.13. The minimum atomic E-state index is 0.295. The van der Waals surface area contributed by atoms with Gasteiger partial charge in [-0.15, -0.1) is 5.92 Å². The van der Waals surface area contributed by atoms with E-state index in [0.29, 0.717) is 18.4 Å².